The van der Waals surface area contributed by atoms with Crippen molar-refractivity contribution in [1.29, 1.82) is 0 Å². The van der Waals surface area contributed by atoms with Gasteiger partial charge in [0.25, 0.3) is 0 Å². The van der Waals surface area contributed by atoms with Crippen LogP contribution in [-0.4, -0.2) is 41.7 Å². The third-order valence-corrected chi connectivity index (χ3v) is 7.23. The maximum atomic E-state index is 12.9. The predicted molar refractivity (Wildman–Crippen MR) is 124 cm³/mol. The summed E-state index contributed by atoms with van der Waals surface area (Å²) >= 11 is 12.2. The van der Waals surface area contributed by atoms with E-state index < -0.39 is 5.60 Å². The highest BCUT2D eigenvalue weighted by Gasteiger charge is 2.49. The molecule has 1 aliphatic heterocycles. The lowest BCUT2D eigenvalue weighted by molar-refractivity contribution is -0.135. The molecule has 0 unspecified atom stereocenters. The van der Waals surface area contributed by atoms with Crippen LogP contribution < -0.4 is 10.1 Å². The molecule has 4 rings (SSSR count). The molecule has 2 aromatic carbocycles. The van der Waals surface area contributed by atoms with Gasteiger partial charge in [-0.25, -0.2) is 0 Å². The number of methoxy groups -OCH3 is 1. The molecule has 2 aromatic rings. The zero-order valence-corrected chi connectivity index (χ0v) is 19.1. The number of amides is 1. The van der Waals surface area contributed by atoms with Crippen LogP contribution in [0.1, 0.15) is 43.7 Å². The largest absolute Gasteiger partial charge is 0.497 e. The lowest BCUT2D eigenvalue weighted by Gasteiger charge is -2.52. The maximum Gasteiger partial charge on any atom is 0.238 e. The van der Waals surface area contributed by atoms with Crippen molar-refractivity contribution in [1.82, 2.24) is 4.90 Å². The molecule has 2 fully saturated rings. The fourth-order valence-corrected chi connectivity index (χ4v) is 5.58. The summed E-state index contributed by atoms with van der Waals surface area (Å²) in [5.41, 5.74) is 0.973. The summed E-state index contributed by atoms with van der Waals surface area (Å²) in [6, 6.07) is 13.0. The van der Waals surface area contributed by atoms with Crippen LogP contribution in [0.2, 0.25) is 10.0 Å². The van der Waals surface area contributed by atoms with Crippen LogP contribution in [0.25, 0.3) is 0 Å². The van der Waals surface area contributed by atoms with E-state index >= 15 is 0 Å². The number of likely N-dealkylation sites (tertiary alicyclic amines) is 1. The molecule has 0 bridgehead atoms. The van der Waals surface area contributed by atoms with Gasteiger partial charge in [0.2, 0.25) is 5.91 Å². The number of hydrogen-bond donors (Lipinski definition) is 2. The number of benzene rings is 2. The number of rotatable bonds is 5. The van der Waals surface area contributed by atoms with E-state index in [0.717, 1.165) is 37.0 Å². The number of fused-ring (bicyclic) bond motifs is 1. The van der Waals surface area contributed by atoms with Gasteiger partial charge in [-0.3, -0.25) is 9.69 Å². The minimum Gasteiger partial charge on any atom is -0.497 e. The zero-order valence-electron chi connectivity index (χ0n) is 17.6. The summed E-state index contributed by atoms with van der Waals surface area (Å²) in [5, 5.41) is 15.2. The van der Waals surface area contributed by atoms with Gasteiger partial charge >= 0.3 is 0 Å². The Morgan fingerprint density at radius 3 is 2.68 bits per heavy atom. The van der Waals surface area contributed by atoms with Gasteiger partial charge in [-0.05, 0) is 55.2 Å². The van der Waals surface area contributed by atoms with Crippen LogP contribution in [-0.2, 0) is 4.79 Å². The smallest absolute Gasteiger partial charge is 0.238 e. The summed E-state index contributed by atoms with van der Waals surface area (Å²) < 4.78 is 5.31. The number of piperidine rings is 1. The topological polar surface area (TPSA) is 61.8 Å². The number of carbonyl (C=O) groups excluding carboxylic acids is 1. The van der Waals surface area contributed by atoms with E-state index in [1.54, 1.807) is 25.3 Å². The Morgan fingerprint density at radius 2 is 1.97 bits per heavy atom. The van der Waals surface area contributed by atoms with E-state index in [0.29, 0.717) is 28.7 Å². The number of aliphatic hydroxyl groups is 1. The van der Waals surface area contributed by atoms with Crippen molar-refractivity contribution in [3.63, 3.8) is 0 Å². The number of hydrogen-bond acceptors (Lipinski definition) is 4. The van der Waals surface area contributed by atoms with Crippen molar-refractivity contribution in [3.8, 4) is 5.75 Å². The summed E-state index contributed by atoms with van der Waals surface area (Å²) in [6.45, 7) is 0.883. The normalized spacial score (nSPS) is 26.2. The molecule has 2 aliphatic rings. The molecule has 166 valence electrons. The van der Waals surface area contributed by atoms with Crippen molar-refractivity contribution in [2.75, 3.05) is 25.5 Å². The molecule has 5 nitrogen and oxygen atoms in total. The van der Waals surface area contributed by atoms with E-state index in [-0.39, 0.29) is 24.4 Å². The Balaban J connectivity index is 1.57. The predicted octanol–water partition coefficient (Wildman–Crippen LogP) is 5.31. The number of ether oxygens (including phenoxy) is 1. The van der Waals surface area contributed by atoms with Crippen LogP contribution in [0.4, 0.5) is 5.69 Å². The van der Waals surface area contributed by atoms with Crippen LogP contribution in [0.15, 0.2) is 42.5 Å². The van der Waals surface area contributed by atoms with Crippen LogP contribution in [0.5, 0.6) is 5.75 Å². The van der Waals surface area contributed by atoms with E-state index in [2.05, 4.69) is 10.2 Å². The highest BCUT2D eigenvalue weighted by molar-refractivity contribution is 6.36. The summed E-state index contributed by atoms with van der Waals surface area (Å²) in [6.07, 6.45) is 4.61. The lowest BCUT2D eigenvalue weighted by atomic mass is 9.66. The molecule has 0 aromatic heterocycles. The number of halogens is 2. The molecule has 1 amide bonds. The molecule has 3 atom stereocenters. The average molecular weight is 463 g/mol. The minimum atomic E-state index is -0.671. The number of nitrogens with zero attached hydrogens (tertiary/aromatic N) is 1. The summed E-state index contributed by atoms with van der Waals surface area (Å²) in [4.78, 5) is 15.1. The first kappa shape index (κ1) is 22.4. The Bertz CT molecular complexity index is 937. The molecule has 1 saturated carbocycles. The van der Waals surface area contributed by atoms with Crippen molar-refractivity contribution in [2.24, 2.45) is 5.92 Å². The molecule has 7 heteroatoms. The maximum absolute atomic E-state index is 12.9. The van der Waals surface area contributed by atoms with Gasteiger partial charge in [0.1, 0.15) is 5.75 Å². The molecule has 1 aliphatic carbocycles. The Hall–Kier alpha value is -1.79. The van der Waals surface area contributed by atoms with Crippen molar-refractivity contribution in [2.45, 2.75) is 43.7 Å². The molecule has 31 heavy (non-hydrogen) atoms. The summed E-state index contributed by atoms with van der Waals surface area (Å²) in [7, 11) is 1.65. The first-order chi connectivity index (χ1) is 14.9. The first-order valence-corrected chi connectivity index (χ1v) is 11.5. The van der Waals surface area contributed by atoms with Gasteiger partial charge in [0.15, 0.2) is 0 Å². The monoisotopic (exact) mass is 462 g/mol. The molecular formula is C24H28Cl2N2O3. The molecule has 1 saturated heterocycles. The fraction of sp³-hybridized carbons (Fsp3) is 0.458. The SMILES string of the molecule is COc1ccc([C@H]2[C@H]3CCCC[C@@]3(O)CCN2CC(=O)Nc2ccc(Cl)cc2Cl)cc1. The lowest BCUT2D eigenvalue weighted by Crippen LogP contribution is -2.56. The fourth-order valence-electron chi connectivity index (χ4n) is 5.13. The Morgan fingerprint density at radius 1 is 1.19 bits per heavy atom. The van der Waals surface area contributed by atoms with Gasteiger partial charge in [-0.1, -0.05) is 48.2 Å². The first-order valence-electron chi connectivity index (χ1n) is 10.7. The Kier molecular flexibility index (Phi) is 6.77. The third-order valence-electron chi connectivity index (χ3n) is 6.68. The van der Waals surface area contributed by atoms with Gasteiger partial charge in [-0.15, -0.1) is 0 Å². The van der Waals surface area contributed by atoms with Gasteiger partial charge in [0, 0.05) is 23.5 Å². The van der Waals surface area contributed by atoms with Crippen LogP contribution in [0.3, 0.4) is 0 Å². The number of nitrogens with one attached hydrogen (secondary N) is 1. The van der Waals surface area contributed by atoms with Gasteiger partial charge < -0.3 is 15.2 Å². The van der Waals surface area contributed by atoms with Crippen molar-refractivity contribution < 1.29 is 14.6 Å². The molecule has 0 spiro atoms. The van der Waals surface area contributed by atoms with Crippen molar-refractivity contribution in [3.05, 3.63) is 58.1 Å². The van der Waals surface area contributed by atoms with E-state index in [4.69, 9.17) is 27.9 Å². The number of carbonyl (C=O) groups is 1. The van der Waals surface area contributed by atoms with Crippen LogP contribution in [0, 0.1) is 5.92 Å². The third kappa shape index (κ3) is 4.85. The second-order valence-corrected chi connectivity index (χ2v) is 9.41. The second kappa shape index (κ2) is 9.37. The van der Waals surface area contributed by atoms with Gasteiger partial charge in [-0.2, -0.15) is 0 Å². The quantitative estimate of drug-likeness (QED) is 0.631. The van der Waals surface area contributed by atoms with E-state index in [9.17, 15) is 9.90 Å². The second-order valence-electron chi connectivity index (χ2n) is 8.57. The van der Waals surface area contributed by atoms with E-state index in [1.807, 2.05) is 24.3 Å². The summed E-state index contributed by atoms with van der Waals surface area (Å²) in [5.74, 6) is 0.749. The highest BCUT2D eigenvalue weighted by Crippen LogP contribution is 2.49. The number of anilines is 1. The zero-order chi connectivity index (χ0) is 22.0. The van der Waals surface area contributed by atoms with E-state index in [1.165, 1.54) is 0 Å². The molecule has 1 heterocycles. The molecule has 0 radical (unpaired) electrons. The average Bonchev–Trinajstić information content (AvgIpc) is 2.76. The van der Waals surface area contributed by atoms with Gasteiger partial charge in [0.05, 0.1) is 30.0 Å². The molecular weight excluding hydrogens is 435 g/mol. The minimum absolute atomic E-state index is 0.0311. The Labute approximate surface area is 193 Å². The van der Waals surface area contributed by atoms with Crippen molar-refractivity contribution >= 4 is 34.8 Å². The highest BCUT2D eigenvalue weighted by atomic mass is 35.5. The van der Waals surface area contributed by atoms with Crippen LogP contribution >= 0.6 is 23.2 Å². The standard InChI is InChI=1S/C24H28Cl2N2O3/c1-31-18-8-5-16(6-9-18)23-19-4-2-3-11-24(19,30)12-13-28(23)15-22(29)27-21-10-7-17(25)14-20(21)26/h5-10,14,19,23,30H,2-4,11-13,15H2,1H3,(H,27,29)/t19-,23+,24-/m1/s1. The molecule has 2 N–H and O–H groups in total.